The fourth-order valence-corrected chi connectivity index (χ4v) is 6.80. The molecule has 2 aliphatic heterocycles. The molecular formula is C30H25NO4. The first-order valence-electron chi connectivity index (χ1n) is 12.2. The number of hydrogen-bond acceptors (Lipinski definition) is 5. The highest BCUT2D eigenvalue weighted by molar-refractivity contribution is 6.22. The third kappa shape index (κ3) is 2.67. The molecule has 1 saturated heterocycles. The van der Waals surface area contributed by atoms with Crippen LogP contribution in [0.4, 0.5) is 0 Å². The number of hydrogen-bond donors (Lipinski definition) is 0. The van der Waals surface area contributed by atoms with Crippen LogP contribution in [0.3, 0.4) is 0 Å². The summed E-state index contributed by atoms with van der Waals surface area (Å²) in [5, 5.41) is 8.98. The maximum absolute atomic E-state index is 13.5. The summed E-state index contributed by atoms with van der Waals surface area (Å²) in [6.45, 7) is 3.98. The molecular weight excluding hydrogens is 438 g/mol. The van der Waals surface area contributed by atoms with Gasteiger partial charge in [-0.15, -0.1) is 0 Å². The molecule has 1 spiro atoms. The van der Waals surface area contributed by atoms with Gasteiger partial charge in [0, 0.05) is 23.0 Å². The second kappa shape index (κ2) is 6.91. The molecule has 0 bridgehead atoms. The number of carbonyl (C=O) groups excluding carboxylic acids is 2. The Balaban J connectivity index is 1.33. The van der Waals surface area contributed by atoms with Crippen molar-refractivity contribution in [3.05, 3.63) is 83.5 Å². The normalized spacial score (nSPS) is 31.5. The van der Waals surface area contributed by atoms with Crippen molar-refractivity contribution in [2.45, 2.75) is 44.8 Å². The molecule has 1 saturated carbocycles. The van der Waals surface area contributed by atoms with E-state index in [9.17, 15) is 9.59 Å². The lowest BCUT2D eigenvalue weighted by molar-refractivity contribution is -0.158. The average molecular weight is 464 g/mol. The van der Waals surface area contributed by atoms with Crippen LogP contribution in [-0.2, 0) is 19.2 Å². The standard InChI is InChI=1S/C30H25NO4/c1-17-24(32)12-14-29(2)13-11-22-27(26(17)29)34-28(33)30(22)16-23(31-35-30)25-20-9-5-3-7-18(20)15-19-8-4-6-10-21(19)25/h3-10,12,14-15,22,27H,11,13,16H2,1-2H3/t22-,27+,29+,30?/m1/s1. The summed E-state index contributed by atoms with van der Waals surface area (Å²) >= 11 is 0. The predicted octanol–water partition coefficient (Wildman–Crippen LogP) is 5.65. The van der Waals surface area contributed by atoms with Crippen molar-refractivity contribution >= 4 is 39.0 Å². The lowest BCUT2D eigenvalue weighted by atomic mass is 9.60. The fourth-order valence-electron chi connectivity index (χ4n) is 6.80. The van der Waals surface area contributed by atoms with Crippen LogP contribution >= 0.6 is 0 Å². The SMILES string of the molecule is CC1=C2[C@H]3OC(=O)C4(CC(c5c6ccccc6cc6ccccc56)=NO4)[C@@H]3CC[C@@]2(C)C=CC1=O. The number of benzene rings is 3. The Labute approximate surface area is 203 Å². The Morgan fingerprint density at radius 2 is 1.69 bits per heavy atom. The molecule has 5 nitrogen and oxygen atoms in total. The molecule has 4 atom stereocenters. The Morgan fingerprint density at radius 1 is 1.00 bits per heavy atom. The molecule has 7 rings (SSSR count). The lowest BCUT2D eigenvalue weighted by Gasteiger charge is -2.43. The van der Waals surface area contributed by atoms with Gasteiger partial charge in [-0.1, -0.05) is 66.7 Å². The van der Waals surface area contributed by atoms with E-state index in [1.54, 1.807) is 6.08 Å². The second-order valence-corrected chi connectivity index (χ2v) is 10.5. The molecule has 174 valence electrons. The van der Waals surface area contributed by atoms with Gasteiger partial charge in [0.15, 0.2) is 5.78 Å². The van der Waals surface area contributed by atoms with E-state index >= 15 is 0 Å². The molecule has 5 heteroatoms. The van der Waals surface area contributed by atoms with Gasteiger partial charge in [-0.25, -0.2) is 4.79 Å². The van der Waals surface area contributed by atoms with Gasteiger partial charge < -0.3 is 9.57 Å². The fraction of sp³-hybridized carbons (Fsp3) is 0.300. The van der Waals surface area contributed by atoms with Crippen molar-refractivity contribution in [3.8, 4) is 0 Å². The largest absolute Gasteiger partial charge is 0.454 e. The number of carbonyl (C=O) groups is 2. The predicted molar refractivity (Wildman–Crippen MR) is 134 cm³/mol. The quantitative estimate of drug-likeness (QED) is 0.345. The second-order valence-electron chi connectivity index (χ2n) is 10.5. The van der Waals surface area contributed by atoms with Gasteiger partial charge in [0.2, 0.25) is 5.60 Å². The molecule has 0 amide bonds. The molecule has 0 N–H and O–H groups in total. The summed E-state index contributed by atoms with van der Waals surface area (Å²) in [6, 6.07) is 18.7. The highest BCUT2D eigenvalue weighted by Gasteiger charge is 2.66. The van der Waals surface area contributed by atoms with E-state index < -0.39 is 11.7 Å². The monoisotopic (exact) mass is 463 g/mol. The summed E-state index contributed by atoms with van der Waals surface area (Å²) < 4.78 is 6.03. The molecule has 3 aromatic carbocycles. The zero-order chi connectivity index (χ0) is 23.9. The van der Waals surface area contributed by atoms with Crippen LogP contribution in [0.25, 0.3) is 21.5 Å². The van der Waals surface area contributed by atoms with Crippen LogP contribution in [0, 0.1) is 11.3 Å². The number of nitrogens with zero attached hydrogens (tertiary/aromatic N) is 1. The van der Waals surface area contributed by atoms with Gasteiger partial charge >= 0.3 is 5.97 Å². The molecule has 2 aliphatic carbocycles. The van der Waals surface area contributed by atoms with Gasteiger partial charge in [-0.2, -0.15) is 0 Å². The topological polar surface area (TPSA) is 65.0 Å². The van der Waals surface area contributed by atoms with Crippen LogP contribution in [0.15, 0.2) is 83.1 Å². The van der Waals surface area contributed by atoms with Crippen LogP contribution in [0.1, 0.15) is 38.7 Å². The molecule has 0 radical (unpaired) electrons. The summed E-state index contributed by atoms with van der Waals surface area (Å²) in [7, 11) is 0. The van der Waals surface area contributed by atoms with Gasteiger partial charge in [-0.05, 0) is 59.0 Å². The van der Waals surface area contributed by atoms with E-state index in [1.807, 2.05) is 37.3 Å². The smallest absolute Gasteiger partial charge is 0.354 e. The maximum atomic E-state index is 13.5. The minimum atomic E-state index is -1.16. The number of ketones is 1. The molecule has 1 unspecified atom stereocenters. The average Bonchev–Trinajstić information content (AvgIpc) is 3.41. The molecule has 3 aromatic rings. The number of esters is 1. The Kier molecular flexibility index (Phi) is 4.07. The summed E-state index contributed by atoms with van der Waals surface area (Å²) in [6.07, 6.45) is 5.13. The van der Waals surface area contributed by atoms with Crippen molar-refractivity contribution < 1.29 is 19.2 Å². The first kappa shape index (κ1) is 20.6. The van der Waals surface area contributed by atoms with Gasteiger partial charge in [-0.3, -0.25) is 4.79 Å². The number of fused-ring (bicyclic) bond motifs is 6. The maximum Gasteiger partial charge on any atom is 0.354 e. The van der Waals surface area contributed by atoms with Crippen molar-refractivity contribution in [1.82, 2.24) is 0 Å². The van der Waals surface area contributed by atoms with Crippen molar-refractivity contribution in [3.63, 3.8) is 0 Å². The zero-order valence-corrected chi connectivity index (χ0v) is 19.7. The summed E-state index contributed by atoms with van der Waals surface area (Å²) in [4.78, 5) is 32.1. The number of rotatable bonds is 1. The molecule has 2 fully saturated rings. The lowest BCUT2D eigenvalue weighted by Crippen LogP contribution is -2.47. The Morgan fingerprint density at radius 3 is 2.40 bits per heavy atom. The molecule has 0 aromatic heterocycles. The van der Waals surface area contributed by atoms with Gasteiger partial charge in [0.05, 0.1) is 11.6 Å². The Hall–Kier alpha value is -3.73. The van der Waals surface area contributed by atoms with Crippen molar-refractivity contribution in [1.29, 1.82) is 0 Å². The van der Waals surface area contributed by atoms with Gasteiger partial charge in [0.1, 0.15) is 6.10 Å². The van der Waals surface area contributed by atoms with Crippen LogP contribution in [0.5, 0.6) is 0 Å². The zero-order valence-electron chi connectivity index (χ0n) is 19.7. The van der Waals surface area contributed by atoms with E-state index in [-0.39, 0.29) is 23.1 Å². The van der Waals surface area contributed by atoms with E-state index in [1.165, 1.54) is 0 Å². The van der Waals surface area contributed by atoms with Gasteiger partial charge in [0.25, 0.3) is 0 Å². The van der Waals surface area contributed by atoms with Crippen LogP contribution in [0.2, 0.25) is 0 Å². The third-order valence-corrected chi connectivity index (χ3v) is 8.60. The highest BCUT2D eigenvalue weighted by atomic mass is 16.7. The summed E-state index contributed by atoms with van der Waals surface area (Å²) in [5.74, 6) is -0.571. The van der Waals surface area contributed by atoms with E-state index in [0.717, 1.165) is 51.2 Å². The number of ether oxygens (including phenoxy) is 1. The highest BCUT2D eigenvalue weighted by Crippen LogP contribution is 2.57. The number of allylic oxidation sites excluding steroid dienone is 3. The third-order valence-electron chi connectivity index (χ3n) is 8.60. The van der Waals surface area contributed by atoms with Crippen molar-refractivity contribution in [2.24, 2.45) is 16.5 Å². The molecule has 35 heavy (non-hydrogen) atoms. The van der Waals surface area contributed by atoms with E-state index in [0.29, 0.717) is 12.0 Å². The minimum absolute atomic E-state index is 0.0124. The van der Waals surface area contributed by atoms with E-state index in [2.05, 4.69) is 42.4 Å². The Bertz CT molecular complexity index is 1510. The first-order valence-corrected chi connectivity index (χ1v) is 12.2. The van der Waals surface area contributed by atoms with Crippen LogP contribution < -0.4 is 0 Å². The van der Waals surface area contributed by atoms with E-state index in [4.69, 9.17) is 9.57 Å². The molecule has 4 aliphatic rings. The molecule has 2 heterocycles. The van der Waals surface area contributed by atoms with Crippen molar-refractivity contribution in [2.75, 3.05) is 0 Å². The summed E-state index contributed by atoms with van der Waals surface area (Å²) in [5.41, 5.74) is 1.97. The minimum Gasteiger partial charge on any atom is -0.454 e. The van der Waals surface area contributed by atoms with Crippen LogP contribution in [-0.4, -0.2) is 29.2 Å². The number of oxime groups is 1. The first-order chi connectivity index (χ1) is 16.9.